The van der Waals surface area contributed by atoms with E-state index in [9.17, 15) is 8.42 Å². The molecule has 2 N–H and O–H groups in total. The highest BCUT2D eigenvalue weighted by Gasteiger charge is 2.26. The first-order valence-corrected chi connectivity index (χ1v) is 8.18. The quantitative estimate of drug-likeness (QED) is 0.861. The van der Waals surface area contributed by atoms with E-state index in [1.54, 1.807) is 13.0 Å². The van der Waals surface area contributed by atoms with Crippen LogP contribution in [0.15, 0.2) is 17.0 Å². The summed E-state index contributed by atoms with van der Waals surface area (Å²) in [5.74, 6) is 1.08. The van der Waals surface area contributed by atoms with E-state index in [1.165, 1.54) is 6.07 Å². The van der Waals surface area contributed by atoms with Gasteiger partial charge in [-0.05, 0) is 37.9 Å². The zero-order valence-electron chi connectivity index (χ0n) is 11.3. The minimum Gasteiger partial charge on any atom is -0.454 e. The van der Waals surface area contributed by atoms with Gasteiger partial charge in [-0.2, -0.15) is 0 Å². The number of sulfonamides is 1. The fourth-order valence-electron chi connectivity index (χ4n) is 2.55. The molecule has 3 rings (SSSR count). The molecule has 1 atom stereocenters. The van der Waals surface area contributed by atoms with E-state index < -0.39 is 10.0 Å². The Balaban J connectivity index is 1.87. The fourth-order valence-corrected chi connectivity index (χ4v) is 4.06. The van der Waals surface area contributed by atoms with Crippen LogP contribution < -0.4 is 19.5 Å². The molecule has 0 aliphatic carbocycles. The Bertz CT molecular complexity index is 609. The number of nitrogens with one attached hydrogen (secondary N) is 2. The molecule has 2 aliphatic heterocycles. The number of rotatable bonds is 3. The number of piperidine rings is 1. The monoisotopic (exact) mass is 298 g/mol. The van der Waals surface area contributed by atoms with E-state index in [1.807, 2.05) is 0 Å². The van der Waals surface area contributed by atoms with Crippen LogP contribution in [0.5, 0.6) is 11.5 Å². The number of fused-ring (bicyclic) bond motifs is 1. The SMILES string of the molecule is Cc1cc2c(cc1S(=O)(=O)N[C@H]1CCCNC1)OCO2. The number of benzene rings is 1. The summed E-state index contributed by atoms with van der Waals surface area (Å²) in [4.78, 5) is 0.257. The molecule has 0 aromatic heterocycles. The van der Waals surface area contributed by atoms with E-state index in [2.05, 4.69) is 10.0 Å². The van der Waals surface area contributed by atoms with Crippen LogP contribution in [0.4, 0.5) is 0 Å². The topological polar surface area (TPSA) is 76.7 Å². The first kappa shape index (κ1) is 13.7. The minimum atomic E-state index is -3.54. The predicted octanol–water partition coefficient (Wildman–Crippen LogP) is 0.754. The van der Waals surface area contributed by atoms with Crippen molar-refractivity contribution in [3.05, 3.63) is 17.7 Å². The second-order valence-electron chi connectivity index (χ2n) is 5.14. The molecule has 0 bridgehead atoms. The Morgan fingerprint density at radius 2 is 2.05 bits per heavy atom. The molecule has 0 saturated carbocycles. The number of aryl methyl sites for hydroxylation is 1. The van der Waals surface area contributed by atoms with Crippen LogP contribution in [0.2, 0.25) is 0 Å². The maximum Gasteiger partial charge on any atom is 0.241 e. The Kier molecular flexibility index (Phi) is 3.57. The summed E-state index contributed by atoms with van der Waals surface area (Å²) in [6, 6.07) is 3.19. The van der Waals surface area contributed by atoms with E-state index in [-0.39, 0.29) is 17.7 Å². The third-order valence-electron chi connectivity index (χ3n) is 3.58. The third kappa shape index (κ3) is 2.61. The summed E-state index contributed by atoms with van der Waals surface area (Å²) in [5.41, 5.74) is 0.658. The van der Waals surface area contributed by atoms with Gasteiger partial charge in [0.05, 0.1) is 4.90 Å². The van der Waals surface area contributed by atoms with Gasteiger partial charge < -0.3 is 14.8 Å². The minimum absolute atomic E-state index is 0.0569. The number of hydrogen-bond donors (Lipinski definition) is 2. The summed E-state index contributed by atoms with van der Waals surface area (Å²) in [6.07, 6.45) is 1.84. The first-order chi connectivity index (χ1) is 9.56. The van der Waals surface area contributed by atoms with Gasteiger partial charge in [0.25, 0.3) is 0 Å². The molecule has 0 radical (unpaired) electrons. The second kappa shape index (κ2) is 5.23. The lowest BCUT2D eigenvalue weighted by atomic mass is 10.1. The van der Waals surface area contributed by atoms with Crippen molar-refractivity contribution < 1.29 is 17.9 Å². The lowest BCUT2D eigenvalue weighted by Crippen LogP contribution is -2.45. The molecule has 1 saturated heterocycles. The highest BCUT2D eigenvalue weighted by atomic mass is 32.2. The highest BCUT2D eigenvalue weighted by molar-refractivity contribution is 7.89. The Morgan fingerprint density at radius 1 is 1.30 bits per heavy atom. The first-order valence-electron chi connectivity index (χ1n) is 6.69. The molecule has 2 heterocycles. The molecule has 2 aliphatic rings. The van der Waals surface area contributed by atoms with Crippen molar-refractivity contribution in [3.63, 3.8) is 0 Å². The van der Waals surface area contributed by atoms with Crippen molar-refractivity contribution in [2.45, 2.75) is 30.7 Å². The van der Waals surface area contributed by atoms with Crippen LogP contribution >= 0.6 is 0 Å². The van der Waals surface area contributed by atoms with Crippen LogP contribution in [-0.2, 0) is 10.0 Å². The van der Waals surface area contributed by atoms with Crippen LogP contribution in [-0.4, -0.2) is 34.3 Å². The lowest BCUT2D eigenvalue weighted by Gasteiger charge is -2.24. The zero-order valence-corrected chi connectivity index (χ0v) is 12.1. The van der Waals surface area contributed by atoms with Gasteiger partial charge in [-0.25, -0.2) is 13.1 Å². The summed E-state index contributed by atoms with van der Waals surface area (Å²) in [7, 11) is -3.54. The molecule has 20 heavy (non-hydrogen) atoms. The summed E-state index contributed by atoms with van der Waals surface area (Å²) in [6.45, 7) is 3.51. The molecular weight excluding hydrogens is 280 g/mol. The van der Waals surface area contributed by atoms with Crippen LogP contribution in [0, 0.1) is 6.92 Å². The zero-order chi connectivity index (χ0) is 14.2. The normalized spacial score (nSPS) is 21.9. The predicted molar refractivity (Wildman–Crippen MR) is 73.5 cm³/mol. The molecule has 7 heteroatoms. The van der Waals surface area contributed by atoms with Crippen LogP contribution in [0.1, 0.15) is 18.4 Å². The Hall–Kier alpha value is -1.31. The van der Waals surface area contributed by atoms with Gasteiger partial charge in [0.1, 0.15) is 0 Å². The van der Waals surface area contributed by atoms with Crippen molar-refractivity contribution in [3.8, 4) is 11.5 Å². The Morgan fingerprint density at radius 3 is 2.75 bits per heavy atom. The molecular formula is C13H18N2O4S. The van der Waals surface area contributed by atoms with Crippen molar-refractivity contribution in [1.29, 1.82) is 0 Å². The van der Waals surface area contributed by atoms with Gasteiger partial charge in [-0.15, -0.1) is 0 Å². The van der Waals surface area contributed by atoms with E-state index in [0.29, 0.717) is 23.6 Å². The lowest BCUT2D eigenvalue weighted by molar-refractivity contribution is 0.174. The van der Waals surface area contributed by atoms with Crippen molar-refractivity contribution in [2.75, 3.05) is 19.9 Å². The number of ether oxygens (including phenoxy) is 2. The van der Waals surface area contributed by atoms with E-state index >= 15 is 0 Å². The molecule has 6 nitrogen and oxygen atoms in total. The summed E-state index contributed by atoms with van der Waals surface area (Å²) in [5, 5.41) is 3.19. The molecule has 0 spiro atoms. The molecule has 1 aromatic rings. The van der Waals surface area contributed by atoms with E-state index in [4.69, 9.17) is 9.47 Å². The average Bonchev–Trinajstić information content (AvgIpc) is 2.85. The summed E-state index contributed by atoms with van der Waals surface area (Å²) >= 11 is 0. The third-order valence-corrected chi connectivity index (χ3v) is 5.24. The van der Waals surface area contributed by atoms with Crippen molar-refractivity contribution in [1.82, 2.24) is 10.0 Å². The largest absolute Gasteiger partial charge is 0.454 e. The van der Waals surface area contributed by atoms with Gasteiger partial charge in [0.2, 0.25) is 16.8 Å². The maximum absolute atomic E-state index is 12.5. The molecule has 110 valence electrons. The molecule has 1 fully saturated rings. The molecule has 0 amide bonds. The van der Waals surface area contributed by atoms with Crippen molar-refractivity contribution >= 4 is 10.0 Å². The fraction of sp³-hybridized carbons (Fsp3) is 0.538. The van der Waals surface area contributed by atoms with Crippen LogP contribution in [0.25, 0.3) is 0 Å². The van der Waals surface area contributed by atoms with Gasteiger partial charge in [-0.3, -0.25) is 0 Å². The molecule has 0 unspecified atom stereocenters. The smallest absolute Gasteiger partial charge is 0.241 e. The highest BCUT2D eigenvalue weighted by Crippen LogP contribution is 2.36. The van der Waals surface area contributed by atoms with Gasteiger partial charge in [-0.1, -0.05) is 0 Å². The standard InChI is InChI=1S/C13H18N2O4S/c1-9-5-11-12(19-8-18-11)6-13(9)20(16,17)15-10-3-2-4-14-7-10/h5-6,10,14-15H,2-4,7-8H2,1H3/t10-/m0/s1. The van der Waals surface area contributed by atoms with Gasteiger partial charge >= 0.3 is 0 Å². The second-order valence-corrected chi connectivity index (χ2v) is 6.82. The van der Waals surface area contributed by atoms with Crippen LogP contribution in [0.3, 0.4) is 0 Å². The van der Waals surface area contributed by atoms with Gasteiger partial charge in [0.15, 0.2) is 11.5 Å². The van der Waals surface area contributed by atoms with Crippen molar-refractivity contribution in [2.24, 2.45) is 0 Å². The number of hydrogen-bond acceptors (Lipinski definition) is 5. The summed E-state index contributed by atoms with van der Waals surface area (Å²) < 4.78 is 38.2. The maximum atomic E-state index is 12.5. The Labute approximate surface area is 118 Å². The average molecular weight is 298 g/mol. The molecule has 1 aromatic carbocycles. The van der Waals surface area contributed by atoms with E-state index in [0.717, 1.165) is 19.4 Å². The van der Waals surface area contributed by atoms with Gasteiger partial charge in [0, 0.05) is 18.7 Å².